The van der Waals surface area contributed by atoms with Gasteiger partial charge in [0.05, 0.1) is 17.3 Å². The summed E-state index contributed by atoms with van der Waals surface area (Å²) in [6, 6.07) is 9.62. The van der Waals surface area contributed by atoms with Gasteiger partial charge < -0.3 is 20.2 Å². The zero-order chi connectivity index (χ0) is 18.1. The topological polar surface area (TPSA) is 77.5 Å². The predicted molar refractivity (Wildman–Crippen MR) is 98.0 cm³/mol. The largest absolute Gasteiger partial charge is 0.497 e. The number of carbonyl (C=O) groups is 1. The standard InChI is InChI=1S/C18H14BrFN2O3/c1-9(10-3-6-14(20)13(19)7-10)22-16-12-5-4-11(24-2)8-15(12)25-17(16)18(21)23/h3-8,22H,1H2,2H3,(H2,21,23). The lowest BCUT2D eigenvalue weighted by Gasteiger charge is -2.10. The first-order valence-electron chi connectivity index (χ1n) is 7.22. The number of hydrogen-bond donors (Lipinski definition) is 2. The number of fused-ring (bicyclic) bond motifs is 1. The second-order valence-electron chi connectivity index (χ2n) is 5.26. The van der Waals surface area contributed by atoms with Crippen LogP contribution in [-0.2, 0) is 0 Å². The summed E-state index contributed by atoms with van der Waals surface area (Å²) in [5.74, 6) is -0.531. The maximum atomic E-state index is 13.4. The quantitative estimate of drug-likeness (QED) is 0.654. The molecule has 0 radical (unpaired) electrons. The van der Waals surface area contributed by atoms with Gasteiger partial charge in [-0.25, -0.2) is 4.39 Å². The smallest absolute Gasteiger partial charge is 0.286 e. The molecule has 7 heteroatoms. The molecule has 3 aromatic rings. The third-order valence-corrected chi connectivity index (χ3v) is 4.27. The number of hydrogen-bond acceptors (Lipinski definition) is 4. The Morgan fingerprint density at radius 2 is 2.08 bits per heavy atom. The van der Waals surface area contributed by atoms with E-state index in [1.165, 1.54) is 13.2 Å². The lowest BCUT2D eigenvalue weighted by atomic mass is 10.1. The molecule has 3 rings (SSSR count). The number of ether oxygens (including phenoxy) is 1. The number of primary amides is 1. The van der Waals surface area contributed by atoms with Crippen molar-refractivity contribution in [1.29, 1.82) is 0 Å². The second-order valence-corrected chi connectivity index (χ2v) is 6.12. The first kappa shape index (κ1) is 17.0. The Labute approximate surface area is 151 Å². The number of rotatable bonds is 5. The zero-order valence-electron chi connectivity index (χ0n) is 13.2. The van der Waals surface area contributed by atoms with Crippen molar-refractivity contribution in [1.82, 2.24) is 0 Å². The predicted octanol–water partition coefficient (Wildman–Crippen LogP) is 4.52. The fourth-order valence-electron chi connectivity index (χ4n) is 2.41. The van der Waals surface area contributed by atoms with E-state index in [0.717, 1.165) is 0 Å². The average Bonchev–Trinajstić information content (AvgIpc) is 2.95. The normalized spacial score (nSPS) is 10.7. The fourth-order valence-corrected chi connectivity index (χ4v) is 2.79. The molecule has 128 valence electrons. The van der Waals surface area contributed by atoms with E-state index in [1.54, 1.807) is 30.3 Å². The minimum atomic E-state index is -0.717. The minimum absolute atomic E-state index is 0.0226. The van der Waals surface area contributed by atoms with Crippen LogP contribution in [0.2, 0.25) is 0 Å². The third-order valence-electron chi connectivity index (χ3n) is 3.66. The Morgan fingerprint density at radius 3 is 2.72 bits per heavy atom. The first-order chi connectivity index (χ1) is 11.9. The molecular formula is C18H14BrFN2O3. The molecule has 0 saturated carbocycles. The van der Waals surface area contributed by atoms with Gasteiger partial charge in [0.1, 0.15) is 17.1 Å². The second kappa shape index (κ2) is 6.60. The van der Waals surface area contributed by atoms with Gasteiger partial charge in [-0.3, -0.25) is 4.79 Å². The number of halogens is 2. The van der Waals surface area contributed by atoms with E-state index in [9.17, 15) is 9.18 Å². The summed E-state index contributed by atoms with van der Waals surface area (Å²) in [6.07, 6.45) is 0. The molecule has 0 atom stereocenters. The van der Waals surface area contributed by atoms with E-state index in [4.69, 9.17) is 14.9 Å². The van der Waals surface area contributed by atoms with E-state index >= 15 is 0 Å². The van der Waals surface area contributed by atoms with Crippen LogP contribution in [0.15, 0.2) is 51.9 Å². The number of nitrogens with one attached hydrogen (secondary N) is 1. The average molecular weight is 405 g/mol. The molecular weight excluding hydrogens is 391 g/mol. The van der Waals surface area contributed by atoms with Gasteiger partial charge in [-0.1, -0.05) is 6.58 Å². The molecule has 0 aliphatic rings. The summed E-state index contributed by atoms with van der Waals surface area (Å²) < 4.78 is 24.4. The number of anilines is 1. The maximum absolute atomic E-state index is 13.4. The zero-order valence-corrected chi connectivity index (χ0v) is 14.8. The molecule has 1 aromatic heterocycles. The van der Waals surface area contributed by atoms with Crippen LogP contribution in [0.5, 0.6) is 5.75 Å². The molecule has 0 aliphatic carbocycles. The molecule has 0 unspecified atom stereocenters. The Hall–Kier alpha value is -2.80. The molecule has 0 spiro atoms. The van der Waals surface area contributed by atoms with Crippen molar-refractivity contribution < 1.29 is 18.3 Å². The van der Waals surface area contributed by atoms with E-state index in [2.05, 4.69) is 27.8 Å². The van der Waals surface area contributed by atoms with Crippen molar-refractivity contribution in [2.24, 2.45) is 5.73 Å². The van der Waals surface area contributed by atoms with Crippen molar-refractivity contribution >= 4 is 44.2 Å². The molecule has 1 heterocycles. The highest BCUT2D eigenvalue weighted by Gasteiger charge is 2.20. The van der Waals surface area contributed by atoms with Gasteiger partial charge in [0.15, 0.2) is 0 Å². The maximum Gasteiger partial charge on any atom is 0.286 e. The van der Waals surface area contributed by atoms with E-state index in [-0.39, 0.29) is 11.6 Å². The van der Waals surface area contributed by atoms with Crippen molar-refractivity contribution in [2.45, 2.75) is 0 Å². The highest BCUT2D eigenvalue weighted by Crippen LogP contribution is 2.35. The lowest BCUT2D eigenvalue weighted by molar-refractivity contribution is 0.0977. The van der Waals surface area contributed by atoms with Crippen LogP contribution in [0, 0.1) is 5.82 Å². The molecule has 5 nitrogen and oxygen atoms in total. The van der Waals surface area contributed by atoms with Crippen molar-refractivity contribution in [3.63, 3.8) is 0 Å². The van der Waals surface area contributed by atoms with Gasteiger partial charge in [-0.15, -0.1) is 0 Å². The van der Waals surface area contributed by atoms with E-state index < -0.39 is 5.91 Å². The highest BCUT2D eigenvalue weighted by molar-refractivity contribution is 9.10. The Morgan fingerprint density at radius 1 is 1.32 bits per heavy atom. The monoisotopic (exact) mass is 404 g/mol. The van der Waals surface area contributed by atoms with Crippen LogP contribution in [0.3, 0.4) is 0 Å². The van der Waals surface area contributed by atoms with Crippen molar-refractivity contribution in [3.8, 4) is 5.75 Å². The minimum Gasteiger partial charge on any atom is -0.497 e. The van der Waals surface area contributed by atoms with Gasteiger partial charge in [-0.2, -0.15) is 0 Å². The number of nitrogens with two attached hydrogens (primary N) is 1. The molecule has 1 amide bonds. The molecule has 3 N–H and O–H groups in total. The van der Waals surface area contributed by atoms with E-state index in [1.807, 2.05) is 0 Å². The fraction of sp³-hybridized carbons (Fsp3) is 0.0556. The van der Waals surface area contributed by atoms with Crippen LogP contribution in [0.4, 0.5) is 10.1 Å². The van der Waals surface area contributed by atoms with Gasteiger partial charge in [0.25, 0.3) is 5.91 Å². The lowest BCUT2D eigenvalue weighted by Crippen LogP contribution is -2.12. The van der Waals surface area contributed by atoms with Crippen LogP contribution in [-0.4, -0.2) is 13.0 Å². The number of furan rings is 1. The Kier molecular flexibility index (Phi) is 4.50. The summed E-state index contributed by atoms with van der Waals surface area (Å²) in [7, 11) is 1.53. The molecule has 2 aromatic carbocycles. The first-order valence-corrected chi connectivity index (χ1v) is 8.01. The molecule has 0 fully saturated rings. The number of carbonyl (C=O) groups excluding carboxylic acids is 1. The van der Waals surface area contributed by atoms with Gasteiger partial charge in [-0.05, 0) is 51.8 Å². The molecule has 0 aliphatic heterocycles. The molecule has 0 bridgehead atoms. The van der Waals surface area contributed by atoms with Crippen LogP contribution in [0.1, 0.15) is 16.1 Å². The van der Waals surface area contributed by atoms with Crippen LogP contribution >= 0.6 is 15.9 Å². The SMILES string of the molecule is C=C(Nc1c(C(N)=O)oc2cc(OC)ccc12)c1ccc(F)c(Br)c1. The van der Waals surface area contributed by atoms with Crippen molar-refractivity contribution in [3.05, 3.63) is 64.6 Å². The van der Waals surface area contributed by atoms with Crippen LogP contribution < -0.4 is 15.8 Å². The number of benzene rings is 2. The Bertz CT molecular complexity index is 997. The number of amides is 1. The Balaban J connectivity index is 2.04. The molecule has 0 saturated heterocycles. The summed E-state index contributed by atoms with van der Waals surface area (Å²) in [6.45, 7) is 3.94. The van der Waals surface area contributed by atoms with E-state index in [0.29, 0.717) is 38.1 Å². The summed E-state index contributed by atoms with van der Waals surface area (Å²) in [5, 5.41) is 3.69. The highest BCUT2D eigenvalue weighted by atomic mass is 79.9. The van der Waals surface area contributed by atoms with Crippen molar-refractivity contribution in [2.75, 3.05) is 12.4 Å². The van der Waals surface area contributed by atoms with Gasteiger partial charge in [0.2, 0.25) is 5.76 Å². The molecule has 25 heavy (non-hydrogen) atoms. The summed E-state index contributed by atoms with van der Waals surface area (Å²) in [5.41, 5.74) is 7.37. The number of methoxy groups -OCH3 is 1. The summed E-state index contributed by atoms with van der Waals surface area (Å²) in [4.78, 5) is 11.7. The summed E-state index contributed by atoms with van der Waals surface area (Å²) >= 11 is 3.14. The van der Waals surface area contributed by atoms with Gasteiger partial charge >= 0.3 is 0 Å². The van der Waals surface area contributed by atoms with Gasteiger partial charge in [0, 0.05) is 17.1 Å². The third kappa shape index (κ3) is 3.23. The van der Waals surface area contributed by atoms with Crippen LogP contribution in [0.25, 0.3) is 16.7 Å².